The maximum absolute atomic E-state index is 13.4. The van der Waals surface area contributed by atoms with Crippen LogP contribution >= 0.6 is 11.3 Å². The van der Waals surface area contributed by atoms with Gasteiger partial charge in [-0.3, -0.25) is 4.79 Å². The van der Waals surface area contributed by atoms with Gasteiger partial charge in [0.15, 0.2) is 0 Å². The molecule has 32 heavy (non-hydrogen) atoms. The Morgan fingerprint density at radius 2 is 1.59 bits per heavy atom. The molecule has 170 valence electrons. The van der Waals surface area contributed by atoms with Crippen molar-refractivity contribution in [3.8, 4) is 0 Å². The minimum atomic E-state index is -3.76. The van der Waals surface area contributed by atoms with Crippen LogP contribution in [0.4, 0.5) is 0 Å². The summed E-state index contributed by atoms with van der Waals surface area (Å²) in [5, 5.41) is 0. The van der Waals surface area contributed by atoms with Crippen molar-refractivity contribution in [2.75, 3.05) is 13.1 Å². The molecule has 0 aliphatic rings. The minimum Gasteiger partial charge on any atom is -0.332 e. The lowest BCUT2D eigenvalue weighted by molar-refractivity contribution is -0.132. The van der Waals surface area contributed by atoms with Gasteiger partial charge in [0.25, 0.3) is 0 Å². The predicted molar refractivity (Wildman–Crippen MR) is 130 cm³/mol. The van der Waals surface area contributed by atoms with Crippen LogP contribution in [0.3, 0.4) is 0 Å². The van der Waals surface area contributed by atoms with Crippen LogP contribution < -0.4 is 0 Å². The van der Waals surface area contributed by atoms with Crippen LogP contribution in [0.2, 0.25) is 0 Å². The van der Waals surface area contributed by atoms with Gasteiger partial charge in [0, 0.05) is 22.8 Å². The number of amides is 1. The number of hydrogen-bond acceptors (Lipinski definition) is 4. The summed E-state index contributed by atoms with van der Waals surface area (Å²) in [7, 11) is -3.76. The lowest BCUT2D eigenvalue weighted by Gasteiger charge is -2.27. The highest BCUT2D eigenvalue weighted by molar-refractivity contribution is 7.89. The van der Waals surface area contributed by atoms with Crippen molar-refractivity contribution in [1.82, 2.24) is 9.21 Å². The van der Waals surface area contributed by atoms with Crippen LogP contribution in [0, 0.1) is 13.8 Å². The van der Waals surface area contributed by atoms with Crippen LogP contribution in [-0.4, -0.2) is 36.6 Å². The lowest BCUT2D eigenvalue weighted by Crippen LogP contribution is -2.42. The van der Waals surface area contributed by atoms with Crippen molar-refractivity contribution in [2.45, 2.75) is 45.2 Å². The highest BCUT2D eigenvalue weighted by Crippen LogP contribution is 2.21. The Morgan fingerprint density at radius 1 is 0.906 bits per heavy atom. The van der Waals surface area contributed by atoms with Crippen molar-refractivity contribution < 1.29 is 13.2 Å². The topological polar surface area (TPSA) is 57.7 Å². The zero-order chi connectivity index (χ0) is 23.1. The quantitative estimate of drug-likeness (QED) is 0.419. The summed E-state index contributed by atoms with van der Waals surface area (Å²) in [6.45, 7) is 6.86. The number of hydrogen-bond donors (Lipinski definition) is 0. The molecule has 0 aliphatic heterocycles. The Hall–Kier alpha value is -2.48. The van der Waals surface area contributed by atoms with E-state index in [1.165, 1.54) is 9.18 Å². The van der Waals surface area contributed by atoms with Crippen molar-refractivity contribution in [3.63, 3.8) is 0 Å². The molecule has 1 heterocycles. The monoisotopic (exact) mass is 470 g/mol. The van der Waals surface area contributed by atoms with E-state index in [4.69, 9.17) is 0 Å². The summed E-state index contributed by atoms with van der Waals surface area (Å²) in [5.41, 5.74) is 2.00. The second-order valence-corrected chi connectivity index (χ2v) is 11.2. The van der Waals surface area contributed by atoms with E-state index in [-0.39, 0.29) is 17.3 Å². The second-order valence-electron chi connectivity index (χ2n) is 7.90. The van der Waals surface area contributed by atoms with Crippen LogP contribution in [0.5, 0.6) is 0 Å². The molecular weight excluding hydrogens is 440 g/mol. The number of aryl methyl sites for hydroxylation is 2. The van der Waals surface area contributed by atoms with E-state index in [0.717, 1.165) is 16.0 Å². The van der Waals surface area contributed by atoms with Crippen LogP contribution in [0.1, 0.15) is 34.2 Å². The Morgan fingerprint density at radius 3 is 2.19 bits per heavy atom. The zero-order valence-corrected chi connectivity index (χ0v) is 20.5. The number of nitrogens with zero attached hydrogens (tertiary/aromatic N) is 2. The van der Waals surface area contributed by atoms with E-state index in [2.05, 4.69) is 0 Å². The van der Waals surface area contributed by atoms with Crippen LogP contribution in [-0.2, 0) is 27.9 Å². The predicted octanol–water partition coefficient (Wildman–Crippen LogP) is 4.99. The Balaban J connectivity index is 1.84. The molecule has 0 bridgehead atoms. The Labute approximate surface area is 195 Å². The van der Waals surface area contributed by atoms with E-state index in [1.807, 2.05) is 63.2 Å². The van der Waals surface area contributed by atoms with Gasteiger partial charge in [-0.15, -0.1) is 11.3 Å². The first kappa shape index (κ1) is 24.2. The standard InChI is InChI=1S/C25H30N2O3S2/c1-4-16-27(32(29,30)24-14-10-20(2)11-15-24)19-25(28)26(17-22-8-6-5-7-9-22)18-23-13-12-21(3)31-23/h5-15H,4,16-19H2,1-3H3. The van der Waals surface area contributed by atoms with E-state index in [1.54, 1.807) is 40.5 Å². The summed E-state index contributed by atoms with van der Waals surface area (Å²) >= 11 is 1.65. The molecule has 3 aromatic rings. The summed E-state index contributed by atoms with van der Waals surface area (Å²) in [4.78, 5) is 17.6. The summed E-state index contributed by atoms with van der Waals surface area (Å²) < 4.78 is 27.8. The molecule has 0 radical (unpaired) electrons. The fourth-order valence-corrected chi connectivity index (χ4v) is 5.83. The first-order chi connectivity index (χ1) is 15.3. The molecule has 0 saturated heterocycles. The first-order valence-corrected chi connectivity index (χ1v) is 13.0. The SMILES string of the molecule is CCCN(CC(=O)N(Cc1ccccc1)Cc1ccc(C)s1)S(=O)(=O)c1ccc(C)cc1. The number of sulfonamides is 1. The smallest absolute Gasteiger partial charge is 0.243 e. The fourth-order valence-electron chi connectivity index (χ4n) is 3.44. The average Bonchev–Trinajstić information content (AvgIpc) is 3.18. The fraction of sp³-hybridized carbons (Fsp3) is 0.320. The normalized spacial score (nSPS) is 11.6. The van der Waals surface area contributed by atoms with Gasteiger partial charge >= 0.3 is 0 Å². The lowest BCUT2D eigenvalue weighted by atomic mass is 10.2. The van der Waals surface area contributed by atoms with Gasteiger partial charge in [0.1, 0.15) is 0 Å². The van der Waals surface area contributed by atoms with Gasteiger partial charge in [0.2, 0.25) is 15.9 Å². The highest BCUT2D eigenvalue weighted by Gasteiger charge is 2.28. The van der Waals surface area contributed by atoms with E-state index >= 15 is 0 Å². The van der Waals surface area contributed by atoms with Gasteiger partial charge in [-0.05, 0) is 50.1 Å². The molecule has 5 nitrogen and oxygen atoms in total. The van der Waals surface area contributed by atoms with Crippen LogP contribution in [0.15, 0.2) is 71.6 Å². The van der Waals surface area contributed by atoms with Gasteiger partial charge in [-0.2, -0.15) is 4.31 Å². The van der Waals surface area contributed by atoms with Crippen molar-refractivity contribution >= 4 is 27.3 Å². The summed E-state index contributed by atoms with van der Waals surface area (Å²) in [6.07, 6.45) is 0.626. The molecule has 3 rings (SSSR count). The molecule has 1 amide bonds. The number of benzene rings is 2. The molecule has 7 heteroatoms. The third-order valence-corrected chi connectivity index (χ3v) is 8.00. The van der Waals surface area contributed by atoms with Crippen molar-refractivity contribution in [3.05, 3.63) is 87.6 Å². The maximum Gasteiger partial charge on any atom is 0.243 e. The third kappa shape index (κ3) is 6.28. The number of thiophene rings is 1. The van der Waals surface area contributed by atoms with Crippen LogP contribution in [0.25, 0.3) is 0 Å². The largest absolute Gasteiger partial charge is 0.332 e. The van der Waals surface area contributed by atoms with Gasteiger partial charge in [-0.1, -0.05) is 55.0 Å². The molecule has 0 unspecified atom stereocenters. The first-order valence-electron chi connectivity index (χ1n) is 10.7. The molecule has 1 aromatic heterocycles. The molecule has 0 N–H and O–H groups in total. The second kappa shape index (κ2) is 10.9. The Bertz CT molecular complexity index is 1120. The summed E-state index contributed by atoms with van der Waals surface area (Å²) in [5.74, 6) is -0.205. The number of carbonyl (C=O) groups excluding carboxylic acids is 1. The third-order valence-electron chi connectivity index (χ3n) is 5.16. The van der Waals surface area contributed by atoms with E-state index < -0.39 is 10.0 Å². The summed E-state index contributed by atoms with van der Waals surface area (Å²) in [6, 6.07) is 20.6. The maximum atomic E-state index is 13.4. The molecule has 0 spiro atoms. The molecule has 0 saturated carbocycles. The zero-order valence-electron chi connectivity index (χ0n) is 18.8. The van der Waals surface area contributed by atoms with Crippen molar-refractivity contribution in [2.24, 2.45) is 0 Å². The molecule has 0 atom stereocenters. The minimum absolute atomic E-state index is 0.179. The molecule has 0 fully saturated rings. The Kier molecular flexibility index (Phi) is 8.23. The molecule has 0 aliphatic carbocycles. The molecular formula is C25H30N2O3S2. The van der Waals surface area contributed by atoms with E-state index in [0.29, 0.717) is 26.1 Å². The average molecular weight is 471 g/mol. The van der Waals surface area contributed by atoms with Gasteiger partial charge in [0.05, 0.1) is 18.0 Å². The van der Waals surface area contributed by atoms with E-state index in [9.17, 15) is 13.2 Å². The highest BCUT2D eigenvalue weighted by atomic mass is 32.2. The van der Waals surface area contributed by atoms with Gasteiger partial charge in [-0.25, -0.2) is 8.42 Å². The molecule has 2 aromatic carbocycles. The van der Waals surface area contributed by atoms with Crippen molar-refractivity contribution in [1.29, 1.82) is 0 Å². The number of rotatable bonds is 10. The number of carbonyl (C=O) groups is 1. The van der Waals surface area contributed by atoms with Gasteiger partial charge < -0.3 is 4.90 Å².